The Labute approximate surface area is 174 Å². The maximum atomic E-state index is 12.8. The molecule has 3 rings (SSSR count). The number of hydrogen-bond donors (Lipinski definition) is 2. The maximum Gasteiger partial charge on any atom is 0.391 e. The molecule has 1 aliphatic rings. The van der Waals surface area contributed by atoms with Crippen LogP contribution in [0, 0.1) is 5.92 Å². The molecule has 2 aromatic rings. The SMILES string of the molecule is CN=C(NCc1cccc2ccccc12)NC1CCC(C(F)(F)F)CC1.I. The predicted molar refractivity (Wildman–Crippen MR) is 114 cm³/mol. The molecule has 27 heavy (non-hydrogen) atoms. The van der Waals surface area contributed by atoms with Crippen molar-refractivity contribution < 1.29 is 13.2 Å². The summed E-state index contributed by atoms with van der Waals surface area (Å²) in [7, 11) is 1.68. The van der Waals surface area contributed by atoms with Crippen molar-refractivity contribution in [2.24, 2.45) is 10.9 Å². The van der Waals surface area contributed by atoms with Gasteiger partial charge in [-0.15, -0.1) is 24.0 Å². The second-order valence-electron chi connectivity index (χ2n) is 6.80. The minimum absolute atomic E-state index is 0. The van der Waals surface area contributed by atoms with Gasteiger partial charge < -0.3 is 10.6 Å². The lowest BCUT2D eigenvalue weighted by atomic mass is 9.85. The third-order valence-corrected chi connectivity index (χ3v) is 5.08. The fraction of sp³-hybridized carbons (Fsp3) is 0.450. The van der Waals surface area contributed by atoms with Gasteiger partial charge in [-0.2, -0.15) is 13.2 Å². The number of nitrogens with zero attached hydrogens (tertiary/aromatic N) is 1. The molecule has 0 aliphatic heterocycles. The monoisotopic (exact) mass is 491 g/mol. The van der Waals surface area contributed by atoms with Crippen molar-refractivity contribution in [2.45, 2.75) is 44.4 Å². The lowest BCUT2D eigenvalue weighted by Crippen LogP contribution is -2.45. The Bertz CT molecular complexity index is 763. The predicted octanol–water partition coefficient (Wildman–Crippen LogP) is 5.24. The minimum atomic E-state index is -4.07. The summed E-state index contributed by atoms with van der Waals surface area (Å²) in [6, 6.07) is 14.4. The Morgan fingerprint density at radius 2 is 1.70 bits per heavy atom. The molecule has 0 atom stereocenters. The average molecular weight is 491 g/mol. The second kappa shape index (κ2) is 9.61. The largest absolute Gasteiger partial charge is 0.391 e. The number of hydrogen-bond acceptors (Lipinski definition) is 1. The molecular weight excluding hydrogens is 466 g/mol. The van der Waals surface area contributed by atoms with Crippen molar-refractivity contribution in [1.82, 2.24) is 10.6 Å². The Hall–Kier alpha value is -1.51. The highest BCUT2D eigenvalue weighted by molar-refractivity contribution is 14.0. The van der Waals surface area contributed by atoms with E-state index in [0.29, 0.717) is 25.3 Å². The molecule has 0 heterocycles. The normalized spacial score (nSPS) is 20.8. The fourth-order valence-corrected chi connectivity index (χ4v) is 3.58. The number of benzene rings is 2. The molecule has 0 spiro atoms. The number of halogens is 4. The van der Waals surface area contributed by atoms with E-state index in [9.17, 15) is 13.2 Å². The van der Waals surface area contributed by atoms with Crippen LogP contribution in [0.15, 0.2) is 47.5 Å². The number of guanidine groups is 1. The number of alkyl halides is 3. The van der Waals surface area contributed by atoms with Crippen LogP contribution in [0.25, 0.3) is 10.8 Å². The molecule has 7 heteroatoms. The van der Waals surface area contributed by atoms with Crippen molar-refractivity contribution in [3.8, 4) is 0 Å². The highest BCUT2D eigenvalue weighted by atomic mass is 127. The van der Waals surface area contributed by atoms with Crippen LogP contribution in [0.3, 0.4) is 0 Å². The zero-order chi connectivity index (χ0) is 18.6. The molecule has 0 bridgehead atoms. The quantitative estimate of drug-likeness (QED) is 0.350. The maximum absolute atomic E-state index is 12.8. The van der Waals surface area contributed by atoms with Crippen LogP contribution in [0.5, 0.6) is 0 Å². The topological polar surface area (TPSA) is 36.4 Å². The van der Waals surface area contributed by atoms with E-state index in [1.165, 1.54) is 10.8 Å². The summed E-state index contributed by atoms with van der Waals surface area (Å²) < 4.78 is 38.3. The molecule has 3 nitrogen and oxygen atoms in total. The molecule has 2 N–H and O–H groups in total. The van der Waals surface area contributed by atoms with E-state index in [1.54, 1.807) is 7.05 Å². The highest BCUT2D eigenvalue weighted by Gasteiger charge is 2.41. The standard InChI is InChI=1S/C20H24F3N3.HI/c1-24-19(26-17-11-9-16(10-12-17)20(21,22)23)25-13-15-7-4-6-14-5-2-3-8-18(14)15;/h2-8,16-17H,9-13H2,1H3,(H2,24,25,26);1H. The summed E-state index contributed by atoms with van der Waals surface area (Å²) in [5, 5.41) is 8.92. The molecule has 2 aromatic carbocycles. The van der Waals surface area contributed by atoms with Crippen molar-refractivity contribution in [3.63, 3.8) is 0 Å². The van der Waals surface area contributed by atoms with Gasteiger partial charge in [-0.1, -0.05) is 42.5 Å². The molecule has 0 saturated heterocycles. The van der Waals surface area contributed by atoms with E-state index in [2.05, 4.69) is 39.9 Å². The molecular formula is C20H25F3IN3. The molecule has 0 amide bonds. The third kappa shape index (κ3) is 5.73. The number of nitrogens with one attached hydrogen (secondary N) is 2. The van der Waals surface area contributed by atoms with Gasteiger partial charge in [-0.05, 0) is 42.0 Å². The Morgan fingerprint density at radius 1 is 1.04 bits per heavy atom. The van der Waals surface area contributed by atoms with Gasteiger partial charge in [-0.25, -0.2) is 0 Å². The molecule has 0 unspecified atom stereocenters. The van der Waals surface area contributed by atoms with Crippen LogP contribution in [-0.2, 0) is 6.54 Å². The van der Waals surface area contributed by atoms with E-state index in [4.69, 9.17) is 0 Å². The third-order valence-electron chi connectivity index (χ3n) is 5.08. The van der Waals surface area contributed by atoms with Gasteiger partial charge in [0.1, 0.15) is 0 Å². The Kier molecular flexibility index (Phi) is 7.76. The number of aliphatic imine (C=N–C) groups is 1. The van der Waals surface area contributed by atoms with Crippen LogP contribution < -0.4 is 10.6 Å². The van der Waals surface area contributed by atoms with Crippen LogP contribution >= 0.6 is 24.0 Å². The van der Waals surface area contributed by atoms with Gasteiger partial charge in [-0.3, -0.25) is 4.99 Å². The van der Waals surface area contributed by atoms with Gasteiger partial charge in [0.05, 0.1) is 5.92 Å². The zero-order valence-corrected chi connectivity index (χ0v) is 17.6. The van der Waals surface area contributed by atoms with Crippen molar-refractivity contribution >= 4 is 40.7 Å². The molecule has 1 fully saturated rings. The van der Waals surface area contributed by atoms with E-state index in [0.717, 1.165) is 5.56 Å². The first kappa shape index (κ1) is 21.8. The summed E-state index contributed by atoms with van der Waals surface area (Å²) in [4.78, 5) is 4.22. The van der Waals surface area contributed by atoms with E-state index >= 15 is 0 Å². The highest BCUT2D eigenvalue weighted by Crippen LogP contribution is 2.37. The Morgan fingerprint density at radius 3 is 2.37 bits per heavy atom. The van der Waals surface area contributed by atoms with Crippen molar-refractivity contribution in [1.29, 1.82) is 0 Å². The molecule has 0 radical (unpaired) electrons. The van der Waals surface area contributed by atoms with Gasteiger partial charge in [0.2, 0.25) is 0 Å². The average Bonchev–Trinajstić information content (AvgIpc) is 2.64. The minimum Gasteiger partial charge on any atom is -0.354 e. The first-order valence-corrected chi connectivity index (χ1v) is 8.98. The van der Waals surface area contributed by atoms with Crippen molar-refractivity contribution in [2.75, 3.05) is 7.05 Å². The van der Waals surface area contributed by atoms with Crippen molar-refractivity contribution in [3.05, 3.63) is 48.0 Å². The van der Waals surface area contributed by atoms with Gasteiger partial charge >= 0.3 is 6.18 Å². The van der Waals surface area contributed by atoms with E-state index in [1.807, 2.05) is 18.2 Å². The molecule has 0 aromatic heterocycles. The molecule has 1 saturated carbocycles. The van der Waals surface area contributed by atoms with Crippen LogP contribution in [0.1, 0.15) is 31.2 Å². The first-order chi connectivity index (χ1) is 12.5. The van der Waals surface area contributed by atoms with Crippen LogP contribution in [-0.4, -0.2) is 25.2 Å². The molecule has 1 aliphatic carbocycles. The summed E-state index contributed by atoms with van der Waals surface area (Å²) in [6.07, 6.45) is -2.68. The fourth-order valence-electron chi connectivity index (χ4n) is 3.58. The summed E-state index contributed by atoms with van der Waals surface area (Å²) in [5.74, 6) is -0.528. The zero-order valence-electron chi connectivity index (χ0n) is 15.2. The summed E-state index contributed by atoms with van der Waals surface area (Å²) in [6.45, 7) is 0.610. The van der Waals surface area contributed by atoms with E-state index in [-0.39, 0.29) is 42.9 Å². The summed E-state index contributed by atoms with van der Waals surface area (Å²) in [5.41, 5.74) is 1.16. The van der Waals surface area contributed by atoms with E-state index < -0.39 is 12.1 Å². The smallest absolute Gasteiger partial charge is 0.354 e. The number of rotatable bonds is 3. The lowest BCUT2D eigenvalue weighted by molar-refractivity contribution is -0.182. The molecule has 148 valence electrons. The van der Waals surface area contributed by atoms with Gasteiger partial charge in [0.15, 0.2) is 5.96 Å². The number of fused-ring (bicyclic) bond motifs is 1. The summed E-state index contributed by atoms with van der Waals surface area (Å²) >= 11 is 0. The van der Waals surface area contributed by atoms with Crippen LogP contribution in [0.4, 0.5) is 13.2 Å². The second-order valence-corrected chi connectivity index (χ2v) is 6.80. The first-order valence-electron chi connectivity index (χ1n) is 8.98. The Balaban J connectivity index is 0.00000261. The van der Waals surface area contributed by atoms with Gasteiger partial charge in [0, 0.05) is 19.6 Å². The lowest BCUT2D eigenvalue weighted by Gasteiger charge is -2.31. The van der Waals surface area contributed by atoms with Crippen LogP contribution in [0.2, 0.25) is 0 Å². The van der Waals surface area contributed by atoms with Gasteiger partial charge in [0.25, 0.3) is 0 Å².